The van der Waals surface area contributed by atoms with Crippen LogP contribution in [0.25, 0.3) is 10.7 Å². The van der Waals surface area contributed by atoms with Gasteiger partial charge in [-0.3, -0.25) is 4.79 Å². The van der Waals surface area contributed by atoms with Crippen LogP contribution in [0.2, 0.25) is 5.02 Å². The SMILES string of the molecule is CC(C)(C)C(=O)C(=C(Cl)c1ccc(Cl)cc1)n1cncn1. The lowest BCUT2D eigenvalue weighted by Crippen LogP contribution is -2.25. The number of Topliss-reactive ketones (excluding diaryl/α,β-unsaturated/α-hetero) is 1. The van der Waals surface area contributed by atoms with Crippen molar-refractivity contribution in [2.45, 2.75) is 20.8 Å². The van der Waals surface area contributed by atoms with Crippen LogP contribution < -0.4 is 0 Å². The number of hydrogen-bond donors (Lipinski definition) is 0. The fraction of sp³-hybridized carbons (Fsp3) is 0.267. The van der Waals surface area contributed by atoms with Gasteiger partial charge in [-0.05, 0) is 17.7 Å². The van der Waals surface area contributed by atoms with Crippen LogP contribution in [0.5, 0.6) is 0 Å². The van der Waals surface area contributed by atoms with Crippen LogP contribution >= 0.6 is 23.2 Å². The van der Waals surface area contributed by atoms with Crippen LogP contribution in [0.1, 0.15) is 26.3 Å². The van der Waals surface area contributed by atoms with Crippen molar-refractivity contribution in [2.24, 2.45) is 5.41 Å². The van der Waals surface area contributed by atoms with Crippen LogP contribution in [-0.2, 0) is 4.79 Å². The summed E-state index contributed by atoms with van der Waals surface area (Å²) >= 11 is 12.3. The molecule has 0 spiro atoms. The predicted octanol–water partition coefficient (Wildman–Crippen LogP) is 4.11. The average Bonchev–Trinajstić information content (AvgIpc) is 2.92. The lowest BCUT2D eigenvalue weighted by Gasteiger charge is -2.20. The monoisotopic (exact) mass is 323 g/mol. The van der Waals surface area contributed by atoms with E-state index >= 15 is 0 Å². The van der Waals surface area contributed by atoms with E-state index in [4.69, 9.17) is 23.2 Å². The van der Waals surface area contributed by atoms with Crippen molar-refractivity contribution >= 4 is 39.7 Å². The van der Waals surface area contributed by atoms with Gasteiger partial charge in [0.2, 0.25) is 0 Å². The van der Waals surface area contributed by atoms with E-state index in [1.54, 1.807) is 24.3 Å². The molecule has 2 aromatic rings. The van der Waals surface area contributed by atoms with Gasteiger partial charge in [-0.2, -0.15) is 5.10 Å². The summed E-state index contributed by atoms with van der Waals surface area (Å²) in [5.41, 5.74) is 0.404. The van der Waals surface area contributed by atoms with Gasteiger partial charge in [0, 0.05) is 10.4 Å². The topological polar surface area (TPSA) is 47.8 Å². The predicted molar refractivity (Wildman–Crippen MR) is 84.9 cm³/mol. The minimum absolute atomic E-state index is 0.118. The summed E-state index contributed by atoms with van der Waals surface area (Å²) < 4.78 is 1.39. The van der Waals surface area contributed by atoms with Gasteiger partial charge in [-0.25, -0.2) is 9.67 Å². The van der Waals surface area contributed by atoms with Gasteiger partial charge in [0.25, 0.3) is 0 Å². The quantitative estimate of drug-likeness (QED) is 0.798. The Bertz CT molecular complexity index is 668. The molecule has 2 rings (SSSR count). The maximum Gasteiger partial charge on any atom is 0.188 e. The van der Waals surface area contributed by atoms with Crippen molar-refractivity contribution in [3.8, 4) is 0 Å². The van der Waals surface area contributed by atoms with E-state index in [9.17, 15) is 4.79 Å². The summed E-state index contributed by atoms with van der Waals surface area (Å²) in [6, 6.07) is 6.97. The van der Waals surface area contributed by atoms with Crippen molar-refractivity contribution in [1.82, 2.24) is 14.8 Å². The van der Waals surface area contributed by atoms with Crippen molar-refractivity contribution in [1.29, 1.82) is 0 Å². The van der Waals surface area contributed by atoms with Gasteiger partial charge in [-0.15, -0.1) is 0 Å². The number of aromatic nitrogens is 3. The van der Waals surface area contributed by atoms with Crippen LogP contribution in [0.3, 0.4) is 0 Å². The zero-order chi connectivity index (χ0) is 15.6. The number of benzene rings is 1. The summed E-state index contributed by atoms with van der Waals surface area (Å²) in [7, 11) is 0. The second-order valence-corrected chi connectivity index (χ2v) is 6.40. The molecule has 0 unspecified atom stereocenters. The van der Waals surface area contributed by atoms with E-state index < -0.39 is 5.41 Å². The largest absolute Gasteiger partial charge is 0.292 e. The first-order chi connectivity index (χ1) is 9.80. The fourth-order valence-corrected chi connectivity index (χ4v) is 2.14. The number of hydrogen-bond acceptors (Lipinski definition) is 3. The number of nitrogens with zero attached hydrogens (tertiary/aromatic N) is 3. The van der Waals surface area contributed by atoms with E-state index in [1.165, 1.54) is 17.3 Å². The molecular weight excluding hydrogens is 309 g/mol. The summed E-state index contributed by atoms with van der Waals surface area (Å²) in [6.07, 6.45) is 2.82. The summed E-state index contributed by atoms with van der Waals surface area (Å²) in [6.45, 7) is 5.49. The molecule has 0 aliphatic heterocycles. The highest BCUT2D eigenvalue weighted by molar-refractivity contribution is 6.56. The zero-order valence-electron chi connectivity index (χ0n) is 12.0. The Morgan fingerprint density at radius 2 is 1.81 bits per heavy atom. The third kappa shape index (κ3) is 3.52. The molecule has 0 N–H and O–H groups in total. The molecule has 0 saturated heterocycles. The Hall–Kier alpha value is -1.65. The number of rotatable bonds is 3. The molecule has 110 valence electrons. The molecule has 0 aliphatic rings. The molecule has 0 amide bonds. The summed E-state index contributed by atoms with van der Waals surface area (Å²) in [4.78, 5) is 16.6. The molecule has 4 nitrogen and oxygen atoms in total. The normalized spacial score (nSPS) is 13.0. The first-order valence-electron chi connectivity index (χ1n) is 6.36. The number of carbonyl (C=O) groups is 1. The molecule has 1 aromatic carbocycles. The smallest absolute Gasteiger partial charge is 0.188 e. The maximum absolute atomic E-state index is 12.7. The van der Waals surface area contributed by atoms with E-state index in [2.05, 4.69) is 10.1 Å². The average molecular weight is 324 g/mol. The van der Waals surface area contributed by atoms with Crippen LogP contribution in [0.4, 0.5) is 0 Å². The first-order valence-corrected chi connectivity index (χ1v) is 7.12. The summed E-state index contributed by atoms with van der Waals surface area (Å²) in [5, 5.41) is 4.95. The molecule has 6 heteroatoms. The molecule has 0 bridgehead atoms. The van der Waals surface area contributed by atoms with Crippen molar-refractivity contribution in [2.75, 3.05) is 0 Å². The molecule has 1 heterocycles. The molecule has 21 heavy (non-hydrogen) atoms. The summed E-state index contributed by atoms with van der Waals surface area (Å²) in [5.74, 6) is -0.118. The Morgan fingerprint density at radius 3 is 2.29 bits per heavy atom. The zero-order valence-corrected chi connectivity index (χ0v) is 13.5. The van der Waals surface area contributed by atoms with Crippen LogP contribution in [0, 0.1) is 5.41 Å². The van der Waals surface area contributed by atoms with E-state index in [-0.39, 0.29) is 5.78 Å². The van der Waals surface area contributed by atoms with Crippen LogP contribution in [-0.4, -0.2) is 20.5 Å². The molecule has 0 aliphatic carbocycles. The highest BCUT2D eigenvalue weighted by Gasteiger charge is 2.29. The van der Waals surface area contributed by atoms with Gasteiger partial charge in [-0.1, -0.05) is 56.1 Å². The Balaban J connectivity index is 2.61. The highest BCUT2D eigenvalue weighted by Crippen LogP contribution is 2.32. The van der Waals surface area contributed by atoms with E-state index in [1.807, 2.05) is 20.8 Å². The fourth-order valence-electron chi connectivity index (χ4n) is 1.72. The van der Waals surface area contributed by atoms with Gasteiger partial charge >= 0.3 is 0 Å². The second-order valence-electron chi connectivity index (χ2n) is 5.59. The van der Waals surface area contributed by atoms with Crippen molar-refractivity contribution < 1.29 is 4.79 Å². The van der Waals surface area contributed by atoms with Gasteiger partial charge in [0.1, 0.15) is 18.4 Å². The van der Waals surface area contributed by atoms with Crippen molar-refractivity contribution in [3.05, 3.63) is 47.5 Å². The Labute approximate surface area is 133 Å². The molecule has 0 atom stereocenters. The third-order valence-corrected chi connectivity index (χ3v) is 3.50. The van der Waals surface area contributed by atoms with Gasteiger partial charge in [0.05, 0.1) is 5.03 Å². The Kier molecular flexibility index (Phi) is 4.49. The third-order valence-electron chi connectivity index (χ3n) is 2.85. The number of halogens is 2. The minimum Gasteiger partial charge on any atom is -0.292 e. The first kappa shape index (κ1) is 15.7. The molecule has 1 aromatic heterocycles. The van der Waals surface area contributed by atoms with Gasteiger partial charge in [0.15, 0.2) is 5.78 Å². The van der Waals surface area contributed by atoms with E-state index in [0.29, 0.717) is 21.3 Å². The molecular formula is C15H15Cl2N3O. The molecule has 0 radical (unpaired) electrons. The molecule has 0 fully saturated rings. The lowest BCUT2D eigenvalue weighted by molar-refractivity contribution is -0.120. The number of ketones is 1. The lowest BCUT2D eigenvalue weighted by atomic mass is 9.88. The van der Waals surface area contributed by atoms with Crippen LogP contribution in [0.15, 0.2) is 36.9 Å². The Morgan fingerprint density at radius 1 is 1.19 bits per heavy atom. The van der Waals surface area contributed by atoms with Crippen molar-refractivity contribution in [3.63, 3.8) is 0 Å². The number of carbonyl (C=O) groups excluding carboxylic acids is 1. The maximum atomic E-state index is 12.7. The standard InChI is InChI=1S/C15H15Cl2N3O/c1-15(2,3)14(21)13(20-9-18-8-19-20)12(17)10-4-6-11(16)7-5-10/h4-9H,1-3H3. The highest BCUT2D eigenvalue weighted by atomic mass is 35.5. The minimum atomic E-state index is -0.589. The van der Waals surface area contributed by atoms with Gasteiger partial charge < -0.3 is 0 Å². The number of allylic oxidation sites excluding steroid dienone is 1. The molecule has 0 saturated carbocycles. The second kappa shape index (κ2) is 6.00. The van der Waals surface area contributed by atoms with E-state index in [0.717, 1.165) is 0 Å².